The van der Waals surface area contributed by atoms with Crippen LogP contribution in [-0.4, -0.2) is 4.98 Å². The molecule has 1 aromatic heterocycles. The number of ether oxygens (including phenoxy) is 1. The molecule has 0 saturated heterocycles. The first-order valence-electron chi connectivity index (χ1n) is 6.85. The molecule has 0 aliphatic heterocycles. The van der Waals surface area contributed by atoms with Gasteiger partial charge in [0.15, 0.2) is 0 Å². The fraction of sp³-hybridized carbons (Fsp3) is 0.167. The smallest absolute Gasteiger partial charge is 0.146 e. The number of pyridine rings is 1. The molecule has 2 aromatic carbocycles. The summed E-state index contributed by atoms with van der Waals surface area (Å²) in [4.78, 5) is 4.43. The molecule has 0 bridgehead atoms. The van der Waals surface area contributed by atoms with Gasteiger partial charge in [0.25, 0.3) is 0 Å². The van der Waals surface area contributed by atoms with Crippen LogP contribution in [0.4, 0.5) is 0 Å². The van der Waals surface area contributed by atoms with E-state index in [0.29, 0.717) is 5.92 Å². The van der Waals surface area contributed by atoms with Crippen molar-refractivity contribution in [3.63, 3.8) is 0 Å². The van der Waals surface area contributed by atoms with Crippen LogP contribution >= 0.6 is 0 Å². The van der Waals surface area contributed by atoms with Crippen molar-refractivity contribution in [3.05, 3.63) is 66.4 Å². The number of fused-ring (bicyclic) bond motifs is 1. The van der Waals surface area contributed by atoms with Gasteiger partial charge in [-0.25, -0.2) is 0 Å². The van der Waals surface area contributed by atoms with Gasteiger partial charge in [-0.1, -0.05) is 50.2 Å². The minimum atomic E-state index is 0.430. The molecule has 0 unspecified atom stereocenters. The van der Waals surface area contributed by atoms with Crippen molar-refractivity contribution in [3.8, 4) is 11.5 Å². The highest BCUT2D eigenvalue weighted by molar-refractivity contribution is 5.79. The van der Waals surface area contributed by atoms with Gasteiger partial charge in [-0.15, -0.1) is 0 Å². The third-order valence-corrected chi connectivity index (χ3v) is 3.33. The molecular formula is C18H17NO. The van der Waals surface area contributed by atoms with E-state index < -0.39 is 0 Å². The lowest BCUT2D eigenvalue weighted by Crippen LogP contribution is -1.94. The third kappa shape index (κ3) is 2.50. The van der Waals surface area contributed by atoms with Gasteiger partial charge < -0.3 is 4.74 Å². The van der Waals surface area contributed by atoms with Gasteiger partial charge in [0.1, 0.15) is 11.5 Å². The normalized spacial score (nSPS) is 10.9. The molecule has 0 aliphatic carbocycles. The molecule has 0 atom stereocenters. The zero-order valence-corrected chi connectivity index (χ0v) is 11.7. The van der Waals surface area contributed by atoms with E-state index in [1.165, 1.54) is 5.56 Å². The van der Waals surface area contributed by atoms with Crippen LogP contribution in [-0.2, 0) is 0 Å². The summed E-state index contributed by atoms with van der Waals surface area (Å²) in [5.74, 6) is 2.11. The average Bonchev–Trinajstić information content (AvgIpc) is 2.47. The summed E-state index contributed by atoms with van der Waals surface area (Å²) in [6.45, 7) is 4.33. The Labute approximate surface area is 119 Å². The van der Waals surface area contributed by atoms with Crippen LogP contribution in [0.2, 0.25) is 0 Å². The third-order valence-electron chi connectivity index (χ3n) is 3.33. The van der Waals surface area contributed by atoms with Crippen molar-refractivity contribution in [1.29, 1.82) is 0 Å². The molecule has 1 heterocycles. The standard InChI is InChI=1S/C18H17NO/c1-13(2)16-8-4-6-10-18(16)20-15-11-14-7-3-5-9-17(14)19-12-15/h3-13H,1-2H3. The summed E-state index contributed by atoms with van der Waals surface area (Å²) < 4.78 is 6.02. The first-order chi connectivity index (χ1) is 9.74. The van der Waals surface area contributed by atoms with Gasteiger partial charge in [-0.3, -0.25) is 4.98 Å². The molecule has 100 valence electrons. The highest BCUT2D eigenvalue weighted by atomic mass is 16.5. The highest BCUT2D eigenvalue weighted by Gasteiger charge is 2.08. The van der Waals surface area contributed by atoms with E-state index in [1.807, 2.05) is 48.5 Å². The summed E-state index contributed by atoms with van der Waals surface area (Å²) in [6, 6.07) is 18.2. The lowest BCUT2D eigenvalue weighted by molar-refractivity contribution is 0.472. The maximum atomic E-state index is 6.02. The largest absolute Gasteiger partial charge is 0.455 e. The molecule has 2 heteroatoms. The van der Waals surface area contributed by atoms with Gasteiger partial charge in [-0.2, -0.15) is 0 Å². The molecule has 0 aliphatic rings. The fourth-order valence-corrected chi connectivity index (χ4v) is 2.28. The molecule has 0 saturated carbocycles. The number of hydrogen-bond donors (Lipinski definition) is 0. The quantitative estimate of drug-likeness (QED) is 0.652. The van der Waals surface area contributed by atoms with Crippen LogP contribution < -0.4 is 4.74 Å². The molecule has 0 fully saturated rings. The number of hydrogen-bond acceptors (Lipinski definition) is 2. The second kappa shape index (κ2) is 5.33. The maximum absolute atomic E-state index is 6.02. The van der Waals surface area contributed by atoms with Crippen molar-refractivity contribution in [2.45, 2.75) is 19.8 Å². The van der Waals surface area contributed by atoms with Gasteiger partial charge in [-0.05, 0) is 29.7 Å². The molecule has 20 heavy (non-hydrogen) atoms. The lowest BCUT2D eigenvalue weighted by atomic mass is 10.0. The fourth-order valence-electron chi connectivity index (χ4n) is 2.28. The molecule has 3 rings (SSSR count). The van der Waals surface area contributed by atoms with Gasteiger partial charge in [0.05, 0.1) is 11.7 Å². The summed E-state index contributed by atoms with van der Waals surface area (Å²) in [5.41, 5.74) is 2.19. The van der Waals surface area contributed by atoms with Crippen molar-refractivity contribution in [2.75, 3.05) is 0 Å². The minimum absolute atomic E-state index is 0.430. The Bertz CT molecular complexity index is 734. The van der Waals surface area contributed by atoms with Crippen LogP contribution in [0.3, 0.4) is 0 Å². The lowest BCUT2D eigenvalue weighted by Gasteiger charge is -2.13. The minimum Gasteiger partial charge on any atom is -0.455 e. The Morgan fingerprint density at radius 1 is 0.950 bits per heavy atom. The van der Waals surface area contributed by atoms with Gasteiger partial charge in [0, 0.05) is 5.39 Å². The second-order valence-electron chi connectivity index (χ2n) is 5.16. The number of benzene rings is 2. The van der Waals surface area contributed by atoms with E-state index in [9.17, 15) is 0 Å². The topological polar surface area (TPSA) is 22.1 Å². The zero-order valence-electron chi connectivity index (χ0n) is 11.7. The van der Waals surface area contributed by atoms with E-state index >= 15 is 0 Å². The summed E-state index contributed by atoms with van der Waals surface area (Å²) in [7, 11) is 0. The SMILES string of the molecule is CC(C)c1ccccc1Oc1cnc2ccccc2c1. The van der Waals surface area contributed by atoms with E-state index in [2.05, 4.69) is 24.9 Å². The highest BCUT2D eigenvalue weighted by Crippen LogP contribution is 2.30. The van der Waals surface area contributed by atoms with Gasteiger partial charge in [0.2, 0.25) is 0 Å². The first-order valence-corrected chi connectivity index (χ1v) is 6.85. The van der Waals surface area contributed by atoms with Crippen LogP contribution in [0.15, 0.2) is 60.8 Å². The summed E-state index contributed by atoms with van der Waals surface area (Å²) >= 11 is 0. The van der Waals surface area contributed by atoms with Crippen molar-refractivity contribution >= 4 is 10.9 Å². The number of rotatable bonds is 3. The number of nitrogens with zero attached hydrogens (tertiary/aromatic N) is 1. The van der Waals surface area contributed by atoms with Crippen LogP contribution in [0.25, 0.3) is 10.9 Å². The second-order valence-corrected chi connectivity index (χ2v) is 5.16. The molecule has 0 spiro atoms. The summed E-state index contributed by atoms with van der Waals surface area (Å²) in [5, 5.41) is 1.09. The molecule has 0 amide bonds. The Morgan fingerprint density at radius 2 is 1.70 bits per heavy atom. The summed E-state index contributed by atoms with van der Waals surface area (Å²) in [6.07, 6.45) is 1.78. The Balaban J connectivity index is 1.97. The average molecular weight is 263 g/mol. The van der Waals surface area contributed by atoms with Crippen LogP contribution in [0.5, 0.6) is 11.5 Å². The van der Waals surface area contributed by atoms with Crippen molar-refractivity contribution in [2.24, 2.45) is 0 Å². The monoisotopic (exact) mass is 263 g/mol. The predicted molar refractivity (Wildman–Crippen MR) is 82.3 cm³/mol. The Morgan fingerprint density at radius 3 is 2.55 bits per heavy atom. The Hall–Kier alpha value is -2.35. The number of aromatic nitrogens is 1. The van der Waals surface area contributed by atoms with E-state index in [1.54, 1.807) is 6.20 Å². The van der Waals surface area contributed by atoms with E-state index in [-0.39, 0.29) is 0 Å². The van der Waals surface area contributed by atoms with Crippen LogP contribution in [0, 0.1) is 0 Å². The van der Waals surface area contributed by atoms with Crippen molar-refractivity contribution < 1.29 is 4.74 Å². The van der Waals surface area contributed by atoms with E-state index in [0.717, 1.165) is 22.4 Å². The van der Waals surface area contributed by atoms with Gasteiger partial charge >= 0.3 is 0 Å². The number of para-hydroxylation sites is 2. The predicted octanol–water partition coefficient (Wildman–Crippen LogP) is 5.15. The molecule has 3 aromatic rings. The maximum Gasteiger partial charge on any atom is 0.146 e. The first kappa shape index (κ1) is 12.7. The van der Waals surface area contributed by atoms with Crippen molar-refractivity contribution in [1.82, 2.24) is 4.98 Å². The molecular weight excluding hydrogens is 246 g/mol. The zero-order chi connectivity index (χ0) is 13.9. The molecule has 0 radical (unpaired) electrons. The molecule has 0 N–H and O–H groups in total. The van der Waals surface area contributed by atoms with Crippen LogP contribution in [0.1, 0.15) is 25.3 Å². The Kier molecular flexibility index (Phi) is 3.38. The molecule has 2 nitrogen and oxygen atoms in total. The van der Waals surface area contributed by atoms with E-state index in [4.69, 9.17) is 4.74 Å².